The van der Waals surface area contributed by atoms with Crippen LogP contribution in [0.3, 0.4) is 0 Å². The number of pyridine rings is 1. The highest BCUT2D eigenvalue weighted by Crippen LogP contribution is 2.34. The van der Waals surface area contributed by atoms with Crippen LogP contribution in [0, 0.1) is 5.92 Å². The van der Waals surface area contributed by atoms with Crippen LogP contribution in [0.25, 0.3) is 33.3 Å². The maximum atomic E-state index is 13.2. The first kappa shape index (κ1) is 22.0. The summed E-state index contributed by atoms with van der Waals surface area (Å²) >= 11 is 0. The Morgan fingerprint density at radius 2 is 1.95 bits per heavy atom. The highest BCUT2D eigenvalue weighted by Gasteiger charge is 2.30. The minimum atomic E-state index is 0.00607. The fourth-order valence-electron chi connectivity index (χ4n) is 5.36. The zero-order valence-corrected chi connectivity index (χ0v) is 20.3. The highest BCUT2D eigenvalue weighted by atomic mass is 16.2. The Labute approximate surface area is 213 Å². The molecular formula is C28H27N7O2. The van der Waals surface area contributed by atoms with Crippen molar-refractivity contribution in [3.63, 3.8) is 0 Å². The first-order valence-electron chi connectivity index (χ1n) is 12.9. The predicted octanol–water partition coefficient (Wildman–Crippen LogP) is 4.27. The van der Waals surface area contributed by atoms with Crippen LogP contribution < -0.4 is 5.32 Å². The van der Waals surface area contributed by atoms with E-state index in [9.17, 15) is 9.59 Å². The van der Waals surface area contributed by atoms with E-state index < -0.39 is 0 Å². The van der Waals surface area contributed by atoms with Crippen LogP contribution in [0.5, 0.6) is 0 Å². The summed E-state index contributed by atoms with van der Waals surface area (Å²) in [6, 6.07) is 9.93. The summed E-state index contributed by atoms with van der Waals surface area (Å²) in [7, 11) is 0. The molecule has 3 aromatic heterocycles. The molecule has 2 amide bonds. The number of fused-ring (bicyclic) bond motifs is 2. The van der Waals surface area contributed by atoms with Crippen molar-refractivity contribution in [1.29, 1.82) is 0 Å². The number of rotatable bonds is 5. The molecule has 5 heterocycles. The van der Waals surface area contributed by atoms with Crippen LogP contribution in [0.2, 0.25) is 0 Å². The van der Waals surface area contributed by atoms with E-state index in [4.69, 9.17) is 0 Å². The van der Waals surface area contributed by atoms with Gasteiger partial charge in [-0.05, 0) is 55.5 Å². The number of likely N-dealkylation sites (tertiary alicyclic amines) is 1. The molecule has 1 aliphatic carbocycles. The van der Waals surface area contributed by atoms with E-state index in [1.54, 1.807) is 6.20 Å². The molecule has 4 aromatic rings. The largest absolute Gasteiger partial charge is 0.353 e. The number of hydrogen-bond acceptors (Lipinski definition) is 5. The number of aromatic nitrogens is 4. The van der Waals surface area contributed by atoms with Crippen molar-refractivity contribution >= 4 is 40.0 Å². The van der Waals surface area contributed by atoms with Crippen LogP contribution in [0.15, 0.2) is 53.4 Å². The van der Waals surface area contributed by atoms with Gasteiger partial charge in [-0.3, -0.25) is 19.7 Å². The summed E-state index contributed by atoms with van der Waals surface area (Å²) in [5, 5.41) is 12.4. The number of nitrogens with zero attached hydrogens (tertiary/aromatic N) is 4. The van der Waals surface area contributed by atoms with Gasteiger partial charge in [0.05, 0.1) is 11.4 Å². The maximum Gasteiger partial charge on any atom is 0.254 e. The summed E-state index contributed by atoms with van der Waals surface area (Å²) in [5.74, 6) is 0.335. The first-order valence-corrected chi connectivity index (χ1v) is 12.9. The normalized spacial score (nSPS) is 19.5. The molecule has 3 aliphatic rings. The molecule has 2 fully saturated rings. The van der Waals surface area contributed by atoms with E-state index in [0.29, 0.717) is 12.1 Å². The number of aromatic amines is 2. The van der Waals surface area contributed by atoms with E-state index >= 15 is 0 Å². The minimum absolute atomic E-state index is 0.00607. The number of benzene rings is 1. The molecule has 37 heavy (non-hydrogen) atoms. The number of hydrogen-bond donors (Lipinski definition) is 3. The van der Waals surface area contributed by atoms with Crippen molar-refractivity contribution in [1.82, 2.24) is 30.4 Å². The van der Waals surface area contributed by atoms with Gasteiger partial charge in [0.2, 0.25) is 5.91 Å². The van der Waals surface area contributed by atoms with E-state index in [1.165, 1.54) is 0 Å². The quantitative estimate of drug-likeness (QED) is 0.385. The van der Waals surface area contributed by atoms with E-state index in [2.05, 4.69) is 36.5 Å². The Morgan fingerprint density at radius 3 is 2.78 bits per heavy atom. The van der Waals surface area contributed by atoms with Gasteiger partial charge in [0.25, 0.3) is 5.91 Å². The average molecular weight is 494 g/mol. The van der Waals surface area contributed by atoms with Crippen molar-refractivity contribution in [2.24, 2.45) is 10.9 Å². The maximum absolute atomic E-state index is 13.2. The molecule has 3 N–H and O–H groups in total. The molecule has 0 bridgehead atoms. The van der Waals surface area contributed by atoms with Crippen molar-refractivity contribution in [2.75, 3.05) is 13.1 Å². The van der Waals surface area contributed by atoms with Gasteiger partial charge in [-0.25, -0.2) is 4.98 Å². The number of allylic oxidation sites excluding steroid dienone is 1. The van der Waals surface area contributed by atoms with Crippen LogP contribution >= 0.6 is 0 Å². The van der Waals surface area contributed by atoms with Crippen molar-refractivity contribution < 1.29 is 9.59 Å². The number of amides is 2. The van der Waals surface area contributed by atoms with Crippen LogP contribution in [-0.2, 0) is 4.79 Å². The highest BCUT2D eigenvalue weighted by molar-refractivity contribution is 6.08. The Morgan fingerprint density at radius 1 is 1.08 bits per heavy atom. The Hall–Kier alpha value is -4.27. The molecule has 0 spiro atoms. The number of carbonyl (C=O) groups excluding carboxylic acids is 2. The van der Waals surface area contributed by atoms with Crippen molar-refractivity contribution in [3.05, 3.63) is 59.6 Å². The number of carbonyl (C=O) groups is 2. The predicted molar refractivity (Wildman–Crippen MR) is 141 cm³/mol. The lowest BCUT2D eigenvalue weighted by atomic mass is 9.94. The molecular weight excluding hydrogens is 466 g/mol. The minimum Gasteiger partial charge on any atom is -0.353 e. The average Bonchev–Trinajstić information content (AvgIpc) is 3.29. The van der Waals surface area contributed by atoms with Gasteiger partial charge in [-0.15, -0.1) is 0 Å². The number of aliphatic imine (C=N–C) groups is 1. The lowest BCUT2D eigenvalue weighted by Gasteiger charge is -2.18. The number of H-pyrrole nitrogens is 2. The summed E-state index contributed by atoms with van der Waals surface area (Å²) in [6.07, 6.45) is 10.2. The lowest BCUT2D eigenvalue weighted by Crippen LogP contribution is -2.27. The first-order chi connectivity index (χ1) is 18.1. The van der Waals surface area contributed by atoms with Gasteiger partial charge in [0.1, 0.15) is 0 Å². The van der Waals surface area contributed by atoms with E-state index in [1.807, 2.05) is 41.6 Å². The molecule has 1 unspecified atom stereocenters. The molecule has 1 saturated carbocycles. The van der Waals surface area contributed by atoms with Gasteiger partial charge < -0.3 is 15.2 Å². The summed E-state index contributed by atoms with van der Waals surface area (Å²) in [5.41, 5.74) is 5.77. The zero-order chi connectivity index (χ0) is 24.9. The Kier molecular flexibility index (Phi) is 5.16. The van der Waals surface area contributed by atoms with Crippen LogP contribution in [0.1, 0.15) is 53.9 Å². The Balaban J connectivity index is 1.20. The van der Waals surface area contributed by atoms with E-state index in [0.717, 1.165) is 83.3 Å². The van der Waals surface area contributed by atoms with Crippen LogP contribution in [0.4, 0.5) is 0 Å². The molecule has 7 rings (SSSR count). The lowest BCUT2D eigenvalue weighted by molar-refractivity contribution is -0.121. The Bertz CT molecular complexity index is 1600. The monoisotopic (exact) mass is 493 g/mol. The standard InChI is InChI=1S/C28H27N7O2/c36-27(16-6-7-16)31-19-10-17(13-29-15-19)18-11-22-25(33-34-26(22)30-14-18)24-12-21-20(4-3-5-23(21)32-24)28(37)35-8-1-2-9-35/h3-5,11-17,32H,1-2,6-10H2,(H,31,36)(H,30,33,34). The molecule has 1 atom stereocenters. The molecule has 2 aliphatic heterocycles. The van der Waals surface area contributed by atoms with Crippen molar-refractivity contribution in [3.8, 4) is 11.4 Å². The van der Waals surface area contributed by atoms with Gasteiger partial charge in [0.15, 0.2) is 5.65 Å². The fraction of sp³-hybridized carbons (Fsp3) is 0.321. The third-order valence-corrected chi connectivity index (χ3v) is 7.58. The molecule has 186 valence electrons. The van der Waals surface area contributed by atoms with Crippen LogP contribution in [-0.4, -0.2) is 56.2 Å². The smallest absolute Gasteiger partial charge is 0.254 e. The third kappa shape index (κ3) is 4.00. The topological polar surface area (TPSA) is 119 Å². The van der Waals surface area contributed by atoms with Crippen molar-refractivity contribution in [2.45, 2.75) is 38.0 Å². The second kappa shape index (κ2) is 8.69. The number of nitrogens with one attached hydrogen (secondary N) is 3. The summed E-state index contributed by atoms with van der Waals surface area (Å²) in [4.78, 5) is 39.8. The molecule has 1 aromatic carbocycles. The fourth-order valence-corrected chi connectivity index (χ4v) is 5.36. The van der Waals surface area contributed by atoms with Gasteiger partial charge in [-0.2, -0.15) is 5.10 Å². The van der Waals surface area contributed by atoms with Gasteiger partial charge in [0, 0.05) is 77.5 Å². The zero-order valence-electron chi connectivity index (χ0n) is 20.3. The summed E-state index contributed by atoms with van der Waals surface area (Å²) < 4.78 is 0. The SMILES string of the molecule is O=C(NC1=CN=CC(c2cnc3n[nH]c(-c4cc5c(C(=O)N6CCCC6)cccc5[nH]4)c3c2)C1)C1CC1. The van der Waals surface area contributed by atoms with Gasteiger partial charge >= 0.3 is 0 Å². The molecule has 9 heteroatoms. The molecule has 9 nitrogen and oxygen atoms in total. The van der Waals surface area contributed by atoms with Gasteiger partial charge in [-0.1, -0.05) is 6.07 Å². The van der Waals surface area contributed by atoms with E-state index in [-0.39, 0.29) is 23.7 Å². The molecule has 0 radical (unpaired) electrons. The third-order valence-electron chi connectivity index (χ3n) is 7.58. The second-order valence-corrected chi connectivity index (χ2v) is 10.2. The second-order valence-electron chi connectivity index (χ2n) is 10.2. The molecule has 1 saturated heterocycles. The summed E-state index contributed by atoms with van der Waals surface area (Å²) in [6.45, 7) is 1.63.